The van der Waals surface area contributed by atoms with Gasteiger partial charge in [-0.15, -0.1) is 0 Å². The van der Waals surface area contributed by atoms with Crippen LogP contribution < -0.4 is 19.5 Å². The van der Waals surface area contributed by atoms with E-state index in [0.29, 0.717) is 45.2 Å². The molecule has 1 heterocycles. The highest BCUT2D eigenvalue weighted by atomic mass is 16.5. The van der Waals surface area contributed by atoms with Crippen molar-refractivity contribution in [2.75, 3.05) is 26.6 Å². The summed E-state index contributed by atoms with van der Waals surface area (Å²) in [6, 6.07) is 17.1. The number of aryl methyl sites for hydroxylation is 1. The largest absolute Gasteiger partial charge is 0.497 e. The molecule has 4 rings (SSSR count). The highest BCUT2D eigenvalue weighted by Crippen LogP contribution is 2.31. The van der Waals surface area contributed by atoms with E-state index in [0.717, 1.165) is 5.39 Å². The number of ether oxygens (including phenoxy) is 3. The number of hydrogen-bond acceptors (Lipinski definition) is 6. The molecule has 0 atom stereocenters. The Kier molecular flexibility index (Phi) is 6.04. The predicted octanol–water partition coefficient (Wildman–Crippen LogP) is 5.25. The Balaban J connectivity index is 1.62. The first-order valence-electron chi connectivity index (χ1n) is 10.2. The van der Waals surface area contributed by atoms with Crippen molar-refractivity contribution in [2.24, 2.45) is 0 Å². The third-order valence-corrected chi connectivity index (χ3v) is 5.38. The van der Waals surface area contributed by atoms with Gasteiger partial charge >= 0.3 is 0 Å². The summed E-state index contributed by atoms with van der Waals surface area (Å²) < 4.78 is 21.5. The molecule has 7 nitrogen and oxygen atoms in total. The molecule has 1 amide bonds. The zero-order chi connectivity index (χ0) is 23.5. The van der Waals surface area contributed by atoms with Crippen molar-refractivity contribution in [2.45, 2.75) is 6.92 Å². The molecule has 0 fully saturated rings. The minimum absolute atomic E-state index is 0.237. The summed E-state index contributed by atoms with van der Waals surface area (Å²) in [6.45, 7) is 1.82. The maximum absolute atomic E-state index is 13.0. The van der Waals surface area contributed by atoms with Gasteiger partial charge in [0.2, 0.25) is 5.78 Å². The normalized spacial score (nSPS) is 10.7. The van der Waals surface area contributed by atoms with Crippen LogP contribution in [0.4, 0.5) is 5.69 Å². The van der Waals surface area contributed by atoms with Gasteiger partial charge in [-0.05, 0) is 55.5 Å². The summed E-state index contributed by atoms with van der Waals surface area (Å²) in [5.41, 5.74) is 2.72. The van der Waals surface area contributed by atoms with Gasteiger partial charge in [-0.1, -0.05) is 12.1 Å². The fraction of sp³-hybridized carbons (Fsp3) is 0.154. The van der Waals surface area contributed by atoms with Crippen LogP contribution in [0.15, 0.2) is 65.1 Å². The molecular formula is C26H23NO6. The third-order valence-electron chi connectivity index (χ3n) is 5.38. The van der Waals surface area contributed by atoms with E-state index in [2.05, 4.69) is 5.32 Å². The quantitative estimate of drug-likeness (QED) is 0.391. The standard InChI is InChI=1S/C26H23NO6/c1-15-20-14-18(27-26(29)17-8-10-22(31-3)23(13-17)32-4)9-11-21(20)33-25(15)24(28)16-6-5-7-19(12-16)30-2/h5-14H,1-4H3,(H,27,29). The molecule has 0 radical (unpaired) electrons. The van der Waals surface area contributed by atoms with E-state index in [1.807, 2.05) is 6.92 Å². The van der Waals surface area contributed by atoms with E-state index >= 15 is 0 Å². The SMILES string of the molecule is COc1cccc(C(=O)c2oc3ccc(NC(=O)c4ccc(OC)c(OC)c4)cc3c2C)c1. The molecule has 1 N–H and O–H groups in total. The molecule has 33 heavy (non-hydrogen) atoms. The molecule has 0 unspecified atom stereocenters. The minimum Gasteiger partial charge on any atom is -0.497 e. The fourth-order valence-corrected chi connectivity index (χ4v) is 3.59. The van der Waals surface area contributed by atoms with Crippen LogP contribution in [-0.2, 0) is 0 Å². The van der Waals surface area contributed by atoms with Crippen LogP contribution in [0.2, 0.25) is 0 Å². The van der Waals surface area contributed by atoms with E-state index in [1.165, 1.54) is 14.2 Å². The summed E-state index contributed by atoms with van der Waals surface area (Å²) in [5, 5.41) is 3.62. The number of furan rings is 1. The molecule has 0 spiro atoms. The van der Waals surface area contributed by atoms with Gasteiger partial charge in [0.15, 0.2) is 17.3 Å². The first-order chi connectivity index (χ1) is 15.9. The average Bonchev–Trinajstić information content (AvgIpc) is 3.18. The molecule has 0 aliphatic carbocycles. The van der Waals surface area contributed by atoms with E-state index in [-0.39, 0.29) is 17.5 Å². The molecule has 4 aromatic rings. The summed E-state index contributed by atoms with van der Waals surface area (Å²) in [5.74, 6) is 1.31. The number of carbonyl (C=O) groups is 2. The van der Waals surface area contributed by atoms with Crippen molar-refractivity contribution in [3.05, 3.63) is 83.1 Å². The number of benzene rings is 3. The van der Waals surface area contributed by atoms with Gasteiger partial charge in [0.25, 0.3) is 5.91 Å². The summed E-state index contributed by atoms with van der Waals surface area (Å²) in [6.07, 6.45) is 0. The highest BCUT2D eigenvalue weighted by molar-refractivity contribution is 6.11. The second kappa shape index (κ2) is 9.08. The first kappa shape index (κ1) is 22.0. The zero-order valence-electron chi connectivity index (χ0n) is 18.7. The number of nitrogens with one attached hydrogen (secondary N) is 1. The van der Waals surface area contributed by atoms with Gasteiger partial charge in [0.05, 0.1) is 21.3 Å². The number of ketones is 1. The summed E-state index contributed by atoms with van der Waals surface area (Å²) >= 11 is 0. The van der Waals surface area contributed by atoms with Crippen LogP contribution in [0.5, 0.6) is 17.2 Å². The van der Waals surface area contributed by atoms with Crippen LogP contribution in [0, 0.1) is 6.92 Å². The summed E-state index contributed by atoms with van der Waals surface area (Å²) in [7, 11) is 4.60. The Morgan fingerprint density at radius 3 is 2.33 bits per heavy atom. The Labute approximate surface area is 190 Å². The van der Waals surface area contributed by atoms with Gasteiger partial charge in [0.1, 0.15) is 11.3 Å². The van der Waals surface area contributed by atoms with Crippen molar-refractivity contribution >= 4 is 28.3 Å². The van der Waals surface area contributed by atoms with Crippen molar-refractivity contribution < 1.29 is 28.2 Å². The number of carbonyl (C=O) groups excluding carboxylic acids is 2. The minimum atomic E-state index is -0.302. The number of fused-ring (bicyclic) bond motifs is 1. The molecule has 7 heteroatoms. The van der Waals surface area contributed by atoms with Crippen molar-refractivity contribution in [1.29, 1.82) is 0 Å². The zero-order valence-corrected chi connectivity index (χ0v) is 18.7. The lowest BCUT2D eigenvalue weighted by Gasteiger charge is -2.10. The van der Waals surface area contributed by atoms with Crippen LogP contribution in [0.1, 0.15) is 32.0 Å². The average molecular weight is 445 g/mol. The molecule has 0 aliphatic rings. The van der Waals surface area contributed by atoms with Crippen LogP contribution in [0.3, 0.4) is 0 Å². The second-order valence-corrected chi connectivity index (χ2v) is 7.35. The lowest BCUT2D eigenvalue weighted by molar-refractivity contribution is 0.101. The number of methoxy groups -OCH3 is 3. The molecule has 1 aromatic heterocycles. The van der Waals surface area contributed by atoms with Gasteiger partial charge in [-0.3, -0.25) is 9.59 Å². The van der Waals surface area contributed by atoms with Crippen molar-refractivity contribution in [3.8, 4) is 17.2 Å². The number of hydrogen-bond donors (Lipinski definition) is 1. The number of anilines is 1. The van der Waals surface area contributed by atoms with Gasteiger partial charge in [-0.25, -0.2) is 0 Å². The Morgan fingerprint density at radius 2 is 1.61 bits per heavy atom. The predicted molar refractivity (Wildman–Crippen MR) is 125 cm³/mol. The third kappa shape index (κ3) is 4.25. The van der Waals surface area contributed by atoms with Gasteiger partial charge < -0.3 is 23.9 Å². The summed E-state index contributed by atoms with van der Waals surface area (Å²) in [4.78, 5) is 25.8. The Bertz CT molecular complexity index is 1350. The van der Waals surface area contributed by atoms with Crippen LogP contribution >= 0.6 is 0 Å². The maximum Gasteiger partial charge on any atom is 0.255 e. The van der Waals surface area contributed by atoms with Crippen molar-refractivity contribution in [1.82, 2.24) is 0 Å². The molecule has 0 aliphatic heterocycles. The number of rotatable bonds is 7. The van der Waals surface area contributed by atoms with Crippen LogP contribution in [-0.4, -0.2) is 33.0 Å². The topological polar surface area (TPSA) is 87.0 Å². The molecule has 3 aromatic carbocycles. The molecule has 0 saturated heterocycles. The van der Waals surface area contributed by atoms with E-state index in [1.54, 1.807) is 67.8 Å². The Morgan fingerprint density at radius 1 is 0.818 bits per heavy atom. The second-order valence-electron chi connectivity index (χ2n) is 7.35. The van der Waals surface area contributed by atoms with E-state index < -0.39 is 0 Å². The lowest BCUT2D eigenvalue weighted by atomic mass is 10.0. The molecule has 0 saturated carbocycles. The van der Waals surface area contributed by atoms with Gasteiger partial charge in [0, 0.05) is 27.8 Å². The van der Waals surface area contributed by atoms with Crippen molar-refractivity contribution in [3.63, 3.8) is 0 Å². The first-order valence-corrected chi connectivity index (χ1v) is 10.2. The van der Waals surface area contributed by atoms with Crippen LogP contribution in [0.25, 0.3) is 11.0 Å². The Hall–Kier alpha value is -4.26. The molecule has 168 valence electrons. The number of amides is 1. The van der Waals surface area contributed by atoms with E-state index in [9.17, 15) is 9.59 Å². The van der Waals surface area contributed by atoms with Gasteiger partial charge in [-0.2, -0.15) is 0 Å². The fourth-order valence-electron chi connectivity index (χ4n) is 3.59. The monoisotopic (exact) mass is 445 g/mol. The highest BCUT2D eigenvalue weighted by Gasteiger charge is 2.20. The lowest BCUT2D eigenvalue weighted by Crippen LogP contribution is -2.12. The smallest absolute Gasteiger partial charge is 0.255 e. The molecule has 0 bridgehead atoms. The maximum atomic E-state index is 13.0. The van der Waals surface area contributed by atoms with E-state index in [4.69, 9.17) is 18.6 Å². The molecular weight excluding hydrogens is 422 g/mol.